The molecule has 143 valence electrons. The first-order valence-corrected chi connectivity index (χ1v) is 5.78. The topological polar surface area (TPSA) is 0 Å². The summed E-state index contributed by atoms with van der Waals surface area (Å²) in [4.78, 5) is 0. The minimum absolute atomic E-state index is 0.0452. The molecule has 0 saturated carbocycles. The molecule has 0 amide bonds. The van der Waals surface area contributed by atoms with E-state index < -0.39 is 41.4 Å². The number of hydrogen-bond donors (Lipinski definition) is 0. The van der Waals surface area contributed by atoms with Crippen molar-refractivity contribution < 1.29 is 57.1 Å². The van der Waals surface area contributed by atoms with E-state index in [9.17, 15) is 57.1 Å². The predicted molar refractivity (Wildman–Crippen MR) is 55.0 cm³/mol. The summed E-state index contributed by atoms with van der Waals surface area (Å²) in [5.74, 6) is -21.8. The molecule has 0 N–H and O–H groups in total. The first-order chi connectivity index (χ1) is 10.9. The third-order valence-corrected chi connectivity index (χ3v) is 3.09. The van der Waals surface area contributed by atoms with E-state index in [1.807, 2.05) is 6.07 Å². The molecule has 0 nitrogen and oxygen atoms in total. The van der Waals surface area contributed by atoms with Gasteiger partial charge in [-0.2, -0.15) is 52.7 Å². The summed E-state index contributed by atoms with van der Waals surface area (Å²) in [6.45, 7) is 0. The van der Waals surface area contributed by atoms with Gasteiger partial charge in [0.1, 0.15) is 0 Å². The van der Waals surface area contributed by atoms with Gasteiger partial charge in [0.15, 0.2) is 0 Å². The van der Waals surface area contributed by atoms with E-state index in [-0.39, 0.29) is 12.1 Å². The highest BCUT2D eigenvalue weighted by molar-refractivity contribution is 5.27. The van der Waals surface area contributed by atoms with Gasteiger partial charge in [0, 0.05) is 5.56 Å². The lowest BCUT2D eigenvalue weighted by molar-refractivity contribution is -0.447. The highest BCUT2D eigenvalue weighted by Gasteiger charge is 2.94. The second-order valence-corrected chi connectivity index (χ2v) is 4.67. The molecule has 0 aliphatic carbocycles. The van der Waals surface area contributed by atoms with Crippen LogP contribution in [0.4, 0.5) is 57.1 Å². The van der Waals surface area contributed by atoms with Crippen LogP contribution >= 0.6 is 0 Å². The molecule has 1 atom stereocenters. The van der Waals surface area contributed by atoms with Gasteiger partial charge < -0.3 is 0 Å². The molecule has 0 aromatic heterocycles. The number of halogens is 13. The number of alkyl halides is 13. The standard InChI is InChI=1S/C12H4F13/c13-7(14,6-4-2-1-3-5-6)9(16,17)8(15,11(20,21)22)10(18,19)12(23,24)25/h2-5H. The van der Waals surface area contributed by atoms with Crippen molar-refractivity contribution >= 4 is 0 Å². The first-order valence-electron chi connectivity index (χ1n) is 5.78. The molecule has 25 heavy (non-hydrogen) atoms. The first kappa shape index (κ1) is 21.4. The Labute approximate surface area is 130 Å². The van der Waals surface area contributed by atoms with Gasteiger partial charge >= 0.3 is 35.8 Å². The van der Waals surface area contributed by atoms with Gasteiger partial charge in [-0.05, 0) is 6.07 Å². The fourth-order valence-corrected chi connectivity index (χ4v) is 1.74. The zero-order chi connectivity index (χ0) is 20.1. The Morgan fingerprint density at radius 1 is 0.560 bits per heavy atom. The average molecular weight is 395 g/mol. The molecule has 13 heteroatoms. The molecular weight excluding hydrogens is 391 g/mol. The van der Waals surface area contributed by atoms with Crippen LogP contribution in [-0.2, 0) is 5.92 Å². The largest absolute Gasteiger partial charge is 0.457 e. The maximum atomic E-state index is 13.7. The van der Waals surface area contributed by atoms with Gasteiger partial charge in [-0.25, -0.2) is 4.39 Å². The van der Waals surface area contributed by atoms with Crippen molar-refractivity contribution in [2.24, 2.45) is 0 Å². The summed E-state index contributed by atoms with van der Waals surface area (Å²) < 4.78 is 168. The van der Waals surface area contributed by atoms with Crippen molar-refractivity contribution in [2.75, 3.05) is 0 Å². The normalized spacial score (nSPS) is 17.3. The minimum Gasteiger partial charge on any atom is -0.219 e. The van der Waals surface area contributed by atoms with Crippen LogP contribution in [0.3, 0.4) is 0 Å². The summed E-state index contributed by atoms with van der Waals surface area (Å²) in [7, 11) is 0. The van der Waals surface area contributed by atoms with Gasteiger partial charge in [0.2, 0.25) is 0 Å². The van der Waals surface area contributed by atoms with Crippen molar-refractivity contribution in [1.82, 2.24) is 0 Å². The Bertz CT molecular complexity index is 598. The molecule has 1 rings (SSSR count). The fourth-order valence-electron chi connectivity index (χ4n) is 1.74. The third kappa shape index (κ3) is 2.80. The number of benzene rings is 1. The van der Waals surface area contributed by atoms with Crippen LogP contribution in [0.1, 0.15) is 5.56 Å². The van der Waals surface area contributed by atoms with Crippen LogP contribution in [0.5, 0.6) is 0 Å². The average Bonchev–Trinajstić information content (AvgIpc) is 2.44. The van der Waals surface area contributed by atoms with Crippen molar-refractivity contribution in [3.8, 4) is 0 Å². The van der Waals surface area contributed by atoms with Crippen LogP contribution in [-0.4, -0.2) is 29.9 Å². The predicted octanol–water partition coefficient (Wildman–Crippen LogP) is 5.68. The Balaban J connectivity index is 3.77. The van der Waals surface area contributed by atoms with E-state index in [2.05, 4.69) is 0 Å². The molecule has 0 heterocycles. The molecule has 0 bridgehead atoms. The molecule has 0 fully saturated rings. The maximum absolute atomic E-state index is 13.7. The summed E-state index contributed by atoms with van der Waals surface area (Å²) >= 11 is 0. The summed E-state index contributed by atoms with van der Waals surface area (Å²) in [5.41, 5.74) is -10.1. The summed E-state index contributed by atoms with van der Waals surface area (Å²) in [6, 6.07) is 2.72. The van der Waals surface area contributed by atoms with E-state index in [1.165, 1.54) is 0 Å². The second-order valence-electron chi connectivity index (χ2n) is 4.67. The third-order valence-electron chi connectivity index (χ3n) is 3.09. The van der Waals surface area contributed by atoms with Crippen molar-refractivity contribution in [3.05, 3.63) is 35.9 Å². The van der Waals surface area contributed by atoms with Gasteiger partial charge in [0.05, 0.1) is 0 Å². The molecule has 0 aliphatic heterocycles. The van der Waals surface area contributed by atoms with E-state index >= 15 is 0 Å². The molecular formula is C12H4F13. The molecule has 1 radical (unpaired) electrons. The Hall–Kier alpha value is -1.69. The lowest BCUT2D eigenvalue weighted by Gasteiger charge is -2.42. The zero-order valence-electron chi connectivity index (χ0n) is 11.2. The molecule has 0 aliphatic rings. The van der Waals surface area contributed by atoms with Crippen LogP contribution < -0.4 is 0 Å². The van der Waals surface area contributed by atoms with Crippen molar-refractivity contribution in [3.63, 3.8) is 0 Å². The SMILES string of the molecule is FC(F)(F)C(F)(F)C(F)(C(F)(F)F)C(F)(F)C(F)(F)c1cc[c]cc1. The van der Waals surface area contributed by atoms with E-state index in [4.69, 9.17) is 0 Å². The Morgan fingerprint density at radius 2 is 0.960 bits per heavy atom. The molecule has 1 aromatic carbocycles. The highest BCUT2D eigenvalue weighted by Crippen LogP contribution is 2.64. The maximum Gasteiger partial charge on any atom is 0.457 e. The highest BCUT2D eigenvalue weighted by atomic mass is 19.4. The second kappa shape index (κ2) is 5.66. The zero-order valence-corrected chi connectivity index (χ0v) is 11.2. The Morgan fingerprint density at radius 3 is 1.28 bits per heavy atom. The van der Waals surface area contributed by atoms with Crippen molar-refractivity contribution in [1.29, 1.82) is 0 Å². The number of hydrogen-bond acceptors (Lipinski definition) is 0. The van der Waals surface area contributed by atoms with Gasteiger partial charge in [0.25, 0.3) is 0 Å². The van der Waals surface area contributed by atoms with Gasteiger partial charge in [-0.15, -0.1) is 0 Å². The van der Waals surface area contributed by atoms with Gasteiger partial charge in [-0.1, -0.05) is 24.3 Å². The molecule has 1 unspecified atom stereocenters. The van der Waals surface area contributed by atoms with E-state index in [0.717, 1.165) is 0 Å². The summed E-state index contributed by atoms with van der Waals surface area (Å²) in [6.07, 6.45) is -15.2. The number of rotatable bonds is 4. The van der Waals surface area contributed by atoms with Crippen LogP contribution in [0, 0.1) is 6.07 Å². The van der Waals surface area contributed by atoms with Gasteiger partial charge in [-0.3, -0.25) is 0 Å². The van der Waals surface area contributed by atoms with E-state index in [0.29, 0.717) is 12.1 Å². The molecule has 0 saturated heterocycles. The van der Waals surface area contributed by atoms with Crippen LogP contribution in [0.15, 0.2) is 24.3 Å². The van der Waals surface area contributed by atoms with E-state index in [1.54, 1.807) is 0 Å². The fraction of sp³-hybridized carbons (Fsp3) is 0.500. The lowest BCUT2D eigenvalue weighted by atomic mass is 9.82. The Kier molecular flexibility index (Phi) is 4.83. The molecule has 0 spiro atoms. The smallest absolute Gasteiger partial charge is 0.219 e. The minimum atomic E-state index is -7.95. The monoisotopic (exact) mass is 395 g/mol. The summed E-state index contributed by atoms with van der Waals surface area (Å²) in [5, 5.41) is 0. The molecule has 1 aromatic rings. The van der Waals surface area contributed by atoms with Crippen LogP contribution in [0.2, 0.25) is 0 Å². The lowest BCUT2D eigenvalue weighted by Crippen LogP contribution is -2.73. The van der Waals surface area contributed by atoms with Crippen LogP contribution in [0.25, 0.3) is 0 Å². The van der Waals surface area contributed by atoms with Crippen molar-refractivity contribution in [2.45, 2.75) is 35.8 Å². The quantitative estimate of drug-likeness (QED) is 0.576.